The molecule has 2 saturated carbocycles. The van der Waals surface area contributed by atoms with Gasteiger partial charge in [0, 0.05) is 24.7 Å². The summed E-state index contributed by atoms with van der Waals surface area (Å²) in [5, 5.41) is 0. The van der Waals surface area contributed by atoms with Gasteiger partial charge in [-0.15, -0.1) is 0 Å². The number of hydrogen-bond donors (Lipinski definition) is 0. The number of hydrogen-bond acceptors (Lipinski definition) is 2. The SMILES string of the molecule is CC1CC(=O)C2CCCC(=O)C12. The van der Waals surface area contributed by atoms with E-state index in [4.69, 9.17) is 0 Å². The Hall–Kier alpha value is -0.660. The zero-order valence-electron chi connectivity index (χ0n) is 7.38. The fraction of sp³-hybridized carbons (Fsp3) is 0.800. The molecule has 2 rings (SSSR count). The Bertz CT molecular complexity index is 232. The second-order valence-corrected chi connectivity index (χ2v) is 4.14. The molecule has 0 amide bonds. The van der Waals surface area contributed by atoms with Crippen molar-refractivity contribution >= 4 is 11.6 Å². The van der Waals surface area contributed by atoms with E-state index in [-0.39, 0.29) is 11.8 Å². The van der Waals surface area contributed by atoms with Gasteiger partial charge in [0.1, 0.15) is 11.6 Å². The van der Waals surface area contributed by atoms with E-state index >= 15 is 0 Å². The summed E-state index contributed by atoms with van der Waals surface area (Å²) in [5.74, 6) is 1.17. The minimum absolute atomic E-state index is 0.0891. The van der Waals surface area contributed by atoms with E-state index in [0.717, 1.165) is 12.8 Å². The van der Waals surface area contributed by atoms with Crippen LogP contribution in [0.5, 0.6) is 0 Å². The normalized spacial score (nSPS) is 41.6. The first kappa shape index (κ1) is 7.96. The lowest BCUT2D eigenvalue weighted by Crippen LogP contribution is -2.29. The third-order valence-electron chi connectivity index (χ3n) is 3.29. The molecule has 0 aromatic rings. The molecule has 66 valence electrons. The number of carbonyl (C=O) groups excluding carboxylic acids is 2. The first-order chi connectivity index (χ1) is 5.70. The molecule has 0 bridgehead atoms. The Morgan fingerprint density at radius 3 is 2.67 bits per heavy atom. The van der Waals surface area contributed by atoms with Crippen molar-refractivity contribution in [1.29, 1.82) is 0 Å². The largest absolute Gasteiger partial charge is 0.299 e. The maximum atomic E-state index is 11.5. The highest BCUT2D eigenvalue weighted by Crippen LogP contribution is 2.41. The van der Waals surface area contributed by atoms with Crippen LogP contribution in [0.15, 0.2) is 0 Å². The molecule has 0 radical (unpaired) electrons. The average Bonchev–Trinajstić information content (AvgIpc) is 2.29. The van der Waals surface area contributed by atoms with Crippen molar-refractivity contribution in [2.75, 3.05) is 0 Å². The molecular formula is C10H14O2. The highest BCUT2D eigenvalue weighted by molar-refractivity contribution is 5.94. The van der Waals surface area contributed by atoms with Crippen molar-refractivity contribution in [1.82, 2.24) is 0 Å². The molecule has 3 unspecified atom stereocenters. The van der Waals surface area contributed by atoms with Gasteiger partial charge in [-0.2, -0.15) is 0 Å². The predicted octanol–water partition coefficient (Wildman–Crippen LogP) is 1.58. The van der Waals surface area contributed by atoms with Gasteiger partial charge < -0.3 is 0 Å². The third-order valence-corrected chi connectivity index (χ3v) is 3.29. The third kappa shape index (κ3) is 1.01. The molecule has 0 aromatic carbocycles. The standard InChI is InChI=1S/C10H14O2/c1-6-5-9(12)7-3-2-4-8(11)10(6)7/h6-7,10H,2-5H2,1H3. The number of rotatable bonds is 0. The first-order valence-electron chi connectivity index (χ1n) is 4.75. The van der Waals surface area contributed by atoms with E-state index in [1.807, 2.05) is 6.92 Å². The van der Waals surface area contributed by atoms with E-state index in [2.05, 4.69) is 0 Å². The molecule has 2 fully saturated rings. The molecule has 2 heteroatoms. The van der Waals surface area contributed by atoms with E-state index < -0.39 is 0 Å². The lowest BCUT2D eigenvalue weighted by molar-refractivity contribution is -0.131. The van der Waals surface area contributed by atoms with E-state index in [1.54, 1.807) is 0 Å². The molecule has 0 aliphatic heterocycles. The molecule has 0 spiro atoms. The van der Waals surface area contributed by atoms with Crippen molar-refractivity contribution in [2.24, 2.45) is 17.8 Å². The summed E-state index contributed by atoms with van der Waals surface area (Å²) in [6, 6.07) is 0. The fourth-order valence-electron chi connectivity index (χ4n) is 2.74. The van der Waals surface area contributed by atoms with Crippen molar-refractivity contribution in [2.45, 2.75) is 32.6 Å². The van der Waals surface area contributed by atoms with Crippen LogP contribution in [0.25, 0.3) is 0 Å². The predicted molar refractivity (Wildman–Crippen MR) is 44.6 cm³/mol. The van der Waals surface area contributed by atoms with Crippen LogP contribution in [0, 0.1) is 17.8 Å². The van der Waals surface area contributed by atoms with Gasteiger partial charge >= 0.3 is 0 Å². The molecule has 2 aliphatic rings. The van der Waals surface area contributed by atoms with Gasteiger partial charge in [-0.3, -0.25) is 9.59 Å². The quantitative estimate of drug-likeness (QED) is 0.547. The number of carbonyl (C=O) groups is 2. The lowest BCUT2D eigenvalue weighted by atomic mass is 9.77. The minimum Gasteiger partial charge on any atom is -0.299 e. The Morgan fingerprint density at radius 2 is 2.00 bits per heavy atom. The highest BCUT2D eigenvalue weighted by atomic mass is 16.1. The Morgan fingerprint density at radius 1 is 1.25 bits per heavy atom. The number of Topliss-reactive ketones (excluding diaryl/α,β-unsaturated/α-hetero) is 2. The summed E-state index contributed by atoms with van der Waals surface area (Å²) < 4.78 is 0. The van der Waals surface area contributed by atoms with Crippen LogP contribution in [0.1, 0.15) is 32.6 Å². The monoisotopic (exact) mass is 166 g/mol. The summed E-state index contributed by atoms with van der Waals surface area (Å²) in [6.07, 6.45) is 3.23. The van der Waals surface area contributed by atoms with Crippen molar-refractivity contribution in [3.63, 3.8) is 0 Å². The lowest BCUT2D eigenvalue weighted by Gasteiger charge is -2.24. The average molecular weight is 166 g/mol. The van der Waals surface area contributed by atoms with E-state index in [1.165, 1.54) is 0 Å². The molecule has 2 nitrogen and oxygen atoms in total. The van der Waals surface area contributed by atoms with Crippen molar-refractivity contribution in [3.8, 4) is 0 Å². The van der Waals surface area contributed by atoms with Gasteiger partial charge in [-0.25, -0.2) is 0 Å². The number of ketones is 2. The summed E-state index contributed by atoms with van der Waals surface area (Å²) in [6.45, 7) is 2.03. The Balaban J connectivity index is 2.24. The topological polar surface area (TPSA) is 34.1 Å². The smallest absolute Gasteiger partial charge is 0.136 e. The molecule has 0 saturated heterocycles. The number of fused-ring (bicyclic) bond motifs is 1. The Kier molecular flexibility index (Phi) is 1.78. The van der Waals surface area contributed by atoms with Crippen LogP contribution >= 0.6 is 0 Å². The van der Waals surface area contributed by atoms with E-state index in [9.17, 15) is 9.59 Å². The molecule has 3 atom stereocenters. The minimum atomic E-state index is 0.0891. The van der Waals surface area contributed by atoms with Crippen LogP contribution in [0.4, 0.5) is 0 Å². The summed E-state index contributed by atoms with van der Waals surface area (Å²) in [5.41, 5.74) is 0. The first-order valence-corrected chi connectivity index (χ1v) is 4.75. The molecule has 0 heterocycles. The van der Waals surface area contributed by atoms with Gasteiger partial charge in [-0.1, -0.05) is 6.92 Å². The van der Waals surface area contributed by atoms with E-state index in [0.29, 0.717) is 30.3 Å². The zero-order valence-corrected chi connectivity index (χ0v) is 7.38. The summed E-state index contributed by atoms with van der Waals surface area (Å²) in [7, 11) is 0. The van der Waals surface area contributed by atoms with Gasteiger partial charge in [-0.05, 0) is 18.8 Å². The van der Waals surface area contributed by atoms with Gasteiger partial charge in [0.25, 0.3) is 0 Å². The van der Waals surface area contributed by atoms with Crippen LogP contribution in [-0.4, -0.2) is 11.6 Å². The molecule has 0 aromatic heterocycles. The highest BCUT2D eigenvalue weighted by Gasteiger charge is 2.45. The zero-order chi connectivity index (χ0) is 8.72. The van der Waals surface area contributed by atoms with Gasteiger partial charge in [0.05, 0.1) is 0 Å². The summed E-state index contributed by atoms with van der Waals surface area (Å²) in [4.78, 5) is 22.9. The van der Waals surface area contributed by atoms with Gasteiger partial charge in [0.2, 0.25) is 0 Å². The van der Waals surface area contributed by atoms with Crippen molar-refractivity contribution < 1.29 is 9.59 Å². The maximum absolute atomic E-state index is 11.5. The maximum Gasteiger partial charge on any atom is 0.136 e. The fourth-order valence-corrected chi connectivity index (χ4v) is 2.74. The molecule has 0 N–H and O–H groups in total. The van der Waals surface area contributed by atoms with Crippen LogP contribution in [-0.2, 0) is 9.59 Å². The second-order valence-electron chi connectivity index (χ2n) is 4.14. The molecule has 12 heavy (non-hydrogen) atoms. The van der Waals surface area contributed by atoms with Crippen LogP contribution < -0.4 is 0 Å². The molecule has 2 aliphatic carbocycles. The van der Waals surface area contributed by atoms with Crippen LogP contribution in [0.2, 0.25) is 0 Å². The second kappa shape index (κ2) is 2.68. The van der Waals surface area contributed by atoms with Crippen molar-refractivity contribution in [3.05, 3.63) is 0 Å². The molecular weight excluding hydrogens is 152 g/mol. The van der Waals surface area contributed by atoms with Gasteiger partial charge in [0.15, 0.2) is 0 Å². The Labute approximate surface area is 72.3 Å². The summed E-state index contributed by atoms with van der Waals surface area (Å²) >= 11 is 0. The van der Waals surface area contributed by atoms with Crippen LogP contribution in [0.3, 0.4) is 0 Å².